The topological polar surface area (TPSA) is 106 Å². The number of hydrogen-bond donors (Lipinski definition) is 1. The van der Waals surface area contributed by atoms with Crippen molar-refractivity contribution in [3.8, 4) is 0 Å². The second-order valence-electron chi connectivity index (χ2n) is 5.97. The maximum absolute atomic E-state index is 12.6. The molecule has 0 aliphatic carbocycles. The lowest BCUT2D eigenvalue weighted by Crippen LogP contribution is -2.42. The Morgan fingerprint density at radius 2 is 2.04 bits per heavy atom. The summed E-state index contributed by atoms with van der Waals surface area (Å²) >= 11 is 0. The number of amides is 2. The second kappa shape index (κ2) is 6.95. The van der Waals surface area contributed by atoms with Crippen molar-refractivity contribution in [2.24, 2.45) is 7.05 Å². The van der Waals surface area contributed by atoms with Gasteiger partial charge in [-0.25, -0.2) is 9.78 Å². The van der Waals surface area contributed by atoms with E-state index < -0.39 is 17.9 Å². The van der Waals surface area contributed by atoms with Crippen LogP contribution in [-0.2, 0) is 16.6 Å². The summed E-state index contributed by atoms with van der Waals surface area (Å²) in [5, 5.41) is 6.92. The molecule has 3 rings (SSSR count). The first-order chi connectivity index (χ1) is 12.4. The van der Waals surface area contributed by atoms with Gasteiger partial charge < -0.3 is 10.1 Å². The molecule has 136 valence electrons. The molecule has 1 fully saturated rings. The van der Waals surface area contributed by atoms with Crippen LogP contribution in [-0.4, -0.2) is 52.2 Å². The monoisotopic (exact) mass is 357 g/mol. The molecule has 0 saturated carbocycles. The summed E-state index contributed by atoms with van der Waals surface area (Å²) in [4.78, 5) is 42.2. The fourth-order valence-electron chi connectivity index (χ4n) is 2.90. The van der Waals surface area contributed by atoms with Crippen molar-refractivity contribution >= 4 is 23.6 Å². The van der Waals surface area contributed by atoms with Crippen LogP contribution < -0.4 is 10.2 Å². The predicted octanol–water partition coefficient (Wildman–Crippen LogP) is 0.445. The van der Waals surface area contributed by atoms with E-state index in [4.69, 9.17) is 0 Å². The summed E-state index contributed by atoms with van der Waals surface area (Å²) in [5.41, 5.74) is 0.895. The number of carbonyl (C=O) groups excluding carboxylic acids is 3. The molecule has 0 unspecified atom stereocenters. The molecule has 1 N–H and O–H groups in total. The third-order valence-electron chi connectivity index (χ3n) is 4.14. The summed E-state index contributed by atoms with van der Waals surface area (Å²) < 4.78 is 6.23. The van der Waals surface area contributed by atoms with Crippen molar-refractivity contribution in [2.45, 2.75) is 19.4 Å². The molecule has 1 aliphatic rings. The van der Waals surface area contributed by atoms with Crippen LogP contribution in [0, 0.1) is 6.92 Å². The summed E-state index contributed by atoms with van der Waals surface area (Å²) in [6.07, 6.45) is 0.478. The van der Waals surface area contributed by atoms with Crippen molar-refractivity contribution in [1.82, 2.24) is 20.1 Å². The fourth-order valence-corrected chi connectivity index (χ4v) is 2.90. The minimum atomic E-state index is -0.652. The molecular formula is C17H19N5O4. The quantitative estimate of drug-likeness (QED) is 0.796. The standard InChI is InChI=1S/C17H19N5O4/c1-10-9-14(21(2)20-10)22-8-7-12(16(22)24)19-15(23)11-5-4-6-13(18-11)17(25)26-3/h4-6,9,12H,7-8H2,1-3H3,(H,19,23)/t12-/m0/s1. The van der Waals surface area contributed by atoms with Gasteiger partial charge in [0, 0.05) is 19.7 Å². The number of aromatic nitrogens is 3. The van der Waals surface area contributed by atoms with Gasteiger partial charge in [0.2, 0.25) is 0 Å². The highest BCUT2D eigenvalue weighted by Gasteiger charge is 2.35. The number of aryl methyl sites for hydroxylation is 2. The van der Waals surface area contributed by atoms with Gasteiger partial charge in [-0.1, -0.05) is 6.07 Å². The Kier molecular flexibility index (Phi) is 4.70. The lowest BCUT2D eigenvalue weighted by atomic mass is 10.2. The maximum Gasteiger partial charge on any atom is 0.356 e. The minimum Gasteiger partial charge on any atom is -0.464 e. The number of pyridine rings is 1. The average molecular weight is 357 g/mol. The van der Waals surface area contributed by atoms with E-state index in [1.807, 2.05) is 13.0 Å². The van der Waals surface area contributed by atoms with E-state index in [9.17, 15) is 14.4 Å². The zero-order chi connectivity index (χ0) is 18.8. The molecule has 26 heavy (non-hydrogen) atoms. The van der Waals surface area contributed by atoms with E-state index in [2.05, 4.69) is 20.1 Å². The van der Waals surface area contributed by atoms with Gasteiger partial charge in [0.1, 0.15) is 23.2 Å². The molecule has 0 radical (unpaired) electrons. The van der Waals surface area contributed by atoms with E-state index in [0.717, 1.165) is 5.69 Å². The zero-order valence-corrected chi connectivity index (χ0v) is 14.7. The number of nitrogens with one attached hydrogen (secondary N) is 1. The van der Waals surface area contributed by atoms with Gasteiger partial charge in [0.05, 0.1) is 12.8 Å². The highest BCUT2D eigenvalue weighted by Crippen LogP contribution is 2.22. The van der Waals surface area contributed by atoms with Crippen LogP contribution in [0.2, 0.25) is 0 Å². The molecule has 0 bridgehead atoms. The van der Waals surface area contributed by atoms with Crippen LogP contribution >= 0.6 is 0 Å². The van der Waals surface area contributed by atoms with Gasteiger partial charge >= 0.3 is 5.97 Å². The van der Waals surface area contributed by atoms with Gasteiger partial charge in [0.25, 0.3) is 11.8 Å². The third-order valence-corrected chi connectivity index (χ3v) is 4.14. The van der Waals surface area contributed by atoms with Crippen molar-refractivity contribution in [3.05, 3.63) is 41.3 Å². The minimum absolute atomic E-state index is 0.0323. The normalized spacial score (nSPS) is 16.7. The Morgan fingerprint density at radius 3 is 2.69 bits per heavy atom. The van der Waals surface area contributed by atoms with Crippen LogP contribution in [0.15, 0.2) is 24.3 Å². The Labute approximate surface area is 150 Å². The number of anilines is 1. The van der Waals surface area contributed by atoms with Gasteiger partial charge in [-0.15, -0.1) is 0 Å². The van der Waals surface area contributed by atoms with Gasteiger partial charge in [0.15, 0.2) is 0 Å². The molecular weight excluding hydrogens is 338 g/mol. The number of ether oxygens (including phenoxy) is 1. The lowest BCUT2D eigenvalue weighted by Gasteiger charge is -2.16. The Balaban J connectivity index is 1.72. The highest BCUT2D eigenvalue weighted by molar-refractivity contribution is 6.03. The molecule has 2 amide bonds. The highest BCUT2D eigenvalue weighted by atomic mass is 16.5. The van der Waals surface area contributed by atoms with Crippen molar-refractivity contribution in [3.63, 3.8) is 0 Å². The molecule has 0 spiro atoms. The number of hydrogen-bond acceptors (Lipinski definition) is 6. The average Bonchev–Trinajstić information content (AvgIpc) is 3.15. The van der Waals surface area contributed by atoms with Crippen LogP contribution in [0.1, 0.15) is 33.1 Å². The molecule has 9 nitrogen and oxygen atoms in total. The number of carbonyl (C=O) groups is 3. The maximum atomic E-state index is 12.6. The van der Waals surface area contributed by atoms with E-state index in [1.54, 1.807) is 16.6 Å². The van der Waals surface area contributed by atoms with E-state index in [1.165, 1.54) is 25.3 Å². The van der Waals surface area contributed by atoms with Crippen molar-refractivity contribution in [2.75, 3.05) is 18.6 Å². The van der Waals surface area contributed by atoms with Gasteiger partial charge in [-0.05, 0) is 25.5 Å². The Bertz CT molecular complexity index is 876. The molecule has 9 heteroatoms. The predicted molar refractivity (Wildman–Crippen MR) is 91.7 cm³/mol. The van der Waals surface area contributed by atoms with Crippen LogP contribution in [0.3, 0.4) is 0 Å². The molecule has 3 heterocycles. The zero-order valence-electron chi connectivity index (χ0n) is 14.7. The first-order valence-corrected chi connectivity index (χ1v) is 8.09. The van der Waals surface area contributed by atoms with Gasteiger partial charge in [-0.2, -0.15) is 5.10 Å². The van der Waals surface area contributed by atoms with Crippen LogP contribution in [0.4, 0.5) is 5.82 Å². The number of nitrogens with zero attached hydrogens (tertiary/aromatic N) is 4. The van der Waals surface area contributed by atoms with Crippen molar-refractivity contribution in [1.29, 1.82) is 0 Å². The molecule has 1 saturated heterocycles. The SMILES string of the molecule is COC(=O)c1cccc(C(=O)N[C@H]2CCN(c3cc(C)nn3C)C2=O)n1. The third kappa shape index (κ3) is 3.28. The second-order valence-corrected chi connectivity index (χ2v) is 5.97. The molecule has 1 aliphatic heterocycles. The summed E-state index contributed by atoms with van der Waals surface area (Å²) in [6, 6.07) is 5.64. The van der Waals surface area contributed by atoms with Crippen molar-refractivity contribution < 1.29 is 19.1 Å². The lowest BCUT2D eigenvalue weighted by molar-refractivity contribution is -0.118. The van der Waals surface area contributed by atoms with E-state index in [0.29, 0.717) is 18.8 Å². The van der Waals surface area contributed by atoms with E-state index >= 15 is 0 Å². The molecule has 2 aromatic rings. The summed E-state index contributed by atoms with van der Waals surface area (Å²) in [5.74, 6) is -0.660. The van der Waals surface area contributed by atoms with Crippen LogP contribution in [0.25, 0.3) is 0 Å². The molecule has 1 atom stereocenters. The smallest absolute Gasteiger partial charge is 0.356 e. The summed E-state index contributed by atoms with van der Waals surface area (Å²) in [7, 11) is 3.01. The molecule has 2 aromatic heterocycles. The first kappa shape index (κ1) is 17.6. The number of esters is 1. The van der Waals surface area contributed by atoms with E-state index in [-0.39, 0.29) is 17.3 Å². The fraction of sp³-hybridized carbons (Fsp3) is 0.353. The summed E-state index contributed by atoms with van der Waals surface area (Å²) in [6.45, 7) is 2.33. The van der Waals surface area contributed by atoms with Gasteiger partial charge in [-0.3, -0.25) is 19.2 Å². The molecule has 0 aromatic carbocycles. The van der Waals surface area contributed by atoms with Crippen LogP contribution in [0.5, 0.6) is 0 Å². The Hall–Kier alpha value is -3.23. The largest absolute Gasteiger partial charge is 0.464 e. The number of rotatable bonds is 4. The first-order valence-electron chi connectivity index (χ1n) is 8.09. The number of methoxy groups -OCH3 is 1. The Morgan fingerprint density at radius 1 is 1.31 bits per heavy atom.